The largest absolute Gasteiger partial charge is 0.455 e. The summed E-state index contributed by atoms with van der Waals surface area (Å²) in [5.41, 5.74) is 3.69. The summed E-state index contributed by atoms with van der Waals surface area (Å²) in [6.07, 6.45) is 3.56. The number of aliphatic hydroxyl groups is 2. The van der Waals surface area contributed by atoms with Crippen LogP contribution in [0.5, 0.6) is 0 Å². The van der Waals surface area contributed by atoms with Crippen LogP contribution in [0.25, 0.3) is 11.3 Å². The smallest absolute Gasteiger partial charge is 0.223 e. The molecule has 1 saturated carbocycles. The lowest BCUT2D eigenvalue weighted by atomic mass is 9.81. The van der Waals surface area contributed by atoms with Gasteiger partial charge < -0.3 is 24.7 Å². The molecule has 0 amide bonds. The van der Waals surface area contributed by atoms with Gasteiger partial charge in [0.1, 0.15) is 11.5 Å². The fourth-order valence-electron chi connectivity index (χ4n) is 5.58. The molecule has 186 valence electrons. The number of nitrogens with zero attached hydrogens (tertiary/aromatic N) is 3. The lowest BCUT2D eigenvalue weighted by molar-refractivity contribution is -0.00155. The molecule has 8 heteroatoms. The van der Waals surface area contributed by atoms with Crippen LogP contribution in [0.4, 0.5) is 5.95 Å². The molecule has 6 atom stereocenters. The van der Waals surface area contributed by atoms with E-state index in [0.717, 1.165) is 59.7 Å². The van der Waals surface area contributed by atoms with Gasteiger partial charge >= 0.3 is 0 Å². The van der Waals surface area contributed by atoms with Gasteiger partial charge in [0.15, 0.2) is 0 Å². The van der Waals surface area contributed by atoms with Crippen LogP contribution in [0, 0.1) is 18.8 Å². The van der Waals surface area contributed by atoms with Crippen LogP contribution in [-0.4, -0.2) is 64.9 Å². The van der Waals surface area contributed by atoms with Crippen LogP contribution >= 0.6 is 0 Å². The summed E-state index contributed by atoms with van der Waals surface area (Å²) in [4.78, 5) is 14.2. The number of nitrogens with one attached hydrogen (secondary N) is 1. The van der Waals surface area contributed by atoms with E-state index >= 15 is 0 Å². The van der Waals surface area contributed by atoms with Gasteiger partial charge in [0.25, 0.3) is 0 Å². The van der Waals surface area contributed by atoms with Gasteiger partial charge in [0.05, 0.1) is 48.0 Å². The summed E-state index contributed by atoms with van der Waals surface area (Å²) in [6, 6.07) is 2.32. The molecular weight excluding hydrogens is 432 g/mol. The molecule has 0 radical (unpaired) electrons. The molecule has 2 aromatic rings. The van der Waals surface area contributed by atoms with Gasteiger partial charge in [-0.05, 0) is 51.0 Å². The molecule has 4 rings (SSSR count). The third kappa shape index (κ3) is 4.76. The number of aliphatic imine (C=N–C) groups is 1. The summed E-state index contributed by atoms with van der Waals surface area (Å²) < 4.78 is 11.4. The molecule has 0 spiro atoms. The standard InChI is InChI=1S/C26H38N4O4/c1-6-16-11-19(25(32)24(16)31)18(7-2)23-22(15(4)29-26(30-23)27-8-9-33-5)20-12-17-10-14(3)28-13-21(17)34-20/h12-14,16,18-19,24-25,31-32H,6-11H2,1-5H3,(H,27,29,30). The summed E-state index contributed by atoms with van der Waals surface area (Å²) in [6.45, 7) is 9.39. The molecule has 0 saturated heterocycles. The maximum Gasteiger partial charge on any atom is 0.223 e. The summed E-state index contributed by atoms with van der Waals surface area (Å²) in [7, 11) is 1.66. The first-order valence-electron chi connectivity index (χ1n) is 12.5. The van der Waals surface area contributed by atoms with Gasteiger partial charge in [-0.3, -0.25) is 4.99 Å². The first-order chi connectivity index (χ1) is 16.4. The van der Waals surface area contributed by atoms with Crippen molar-refractivity contribution in [3.8, 4) is 11.3 Å². The number of aryl methyl sites for hydroxylation is 1. The number of hydrogen-bond donors (Lipinski definition) is 3. The zero-order valence-electron chi connectivity index (χ0n) is 20.9. The van der Waals surface area contributed by atoms with Crippen molar-refractivity contribution >= 4 is 12.2 Å². The quantitative estimate of drug-likeness (QED) is 0.479. The van der Waals surface area contributed by atoms with Crippen molar-refractivity contribution in [1.29, 1.82) is 0 Å². The number of aromatic nitrogens is 2. The van der Waals surface area contributed by atoms with E-state index in [9.17, 15) is 10.2 Å². The number of rotatable bonds is 9. The zero-order valence-corrected chi connectivity index (χ0v) is 20.9. The third-order valence-electron chi connectivity index (χ3n) is 7.44. The predicted molar refractivity (Wildman–Crippen MR) is 133 cm³/mol. The highest BCUT2D eigenvalue weighted by Crippen LogP contribution is 2.46. The van der Waals surface area contributed by atoms with Crippen molar-refractivity contribution in [2.45, 2.75) is 77.5 Å². The van der Waals surface area contributed by atoms with Gasteiger partial charge in [0, 0.05) is 25.1 Å². The second-order valence-electron chi connectivity index (χ2n) is 9.71. The number of aliphatic hydroxyl groups excluding tert-OH is 2. The molecular formula is C26H38N4O4. The lowest BCUT2D eigenvalue weighted by Crippen LogP contribution is -2.31. The molecule has 0 bridgehead atoms. The highest BCUT2D eigenvalue weighted by Gasteiger charge is 2.45. The fraction of sp³-hybridized carbons (Fsp3) is 0.654. The van der Waals surface area contributed by atoms with E-state index < -0.39 is 12.2 Å². The van der Waals surface area contributed by atoms with Crippen molar-refractivity contribution in [1.82, 2.24) is 9.97 Å². The average Bonchev–Trinajstić information content (AvgIpc) is 3.35. The maximum atomic E-state index is 11.0. The number of methoxy groups -OCH3 is 1. The number of hydrogen-bond acceptors (Lipinski definition) is 8. The molecule has 3 N–H and O–H groups in total. The van der Waals surface area contributed by atoms with E-state index in [-0.39, 0.29) is 23.8 Å². The Morgan fingerprint density at radius 3 is 2.71 bits per heavy atom. The highest BCUT2D eigenvalue weighted by molar-refractivity contribution is 5.82. The van der Waals surface area contributed by atoms with Crippen molar-refractivity contribution in [2.75, 3.05) is 25.6 Å². The number of fused-ring (bicyclic) bond motifs is 1. The monoisotopic (exact) mass is 470 g/mol. The minimum absolute atomic E-state index is 0.0457. The topological polar surface area (TPSA) is 113 Å². The minimum atomic E-state index is -0.777. The Bertz CT molecular complexity index is 1020. The number of furan rings is 1. The Morgan fingerprint density at radius 1 is 1.24 bits per heavy atom. The van der Waals surface area contributed by atoms with Crippen molar-refractivity contribution in [3.63, 3.8) is 0 Å². The van der Waals surface area contributed by atoms with Crippen LogP contribution in [0.3, 0.4) is 0 Å². The van der Waals surface area contributed by atoms with Crippen LogP contribution < -0.4 is 5.32 Å². The van der Waals surface area contributed by atoms with Crippen LogP contribution in [0.15, 0.2) is 15.5 Å². The van der Waals surface area contributed by atoms with Gasteiger partial charge in [-0.15, -0.1) is 0 Å². The van der Waals surface area contributed by atoms with E-state index in [0.29, 0.717) is 19.1 Å². The average molecular weight is 471 g/mol. The van der Waals surface area contributed by atoms with Crippen molar-refractivity contribution in [2.24, 2.45) is 16.8 Å². The van der Waals surface area contributed by atoms with Gasteiger partial charge in [0.2, 0.25) is 5.95 Å². The molecule has 1 aliphatic heterocycles. The Hall–Kier alpha value is -2.29. The maximum absolute atomic E-state index is 11.0. The van der Waals surface area contributed by atoms with Crippen molar-refractivity contribution in [3.05, 3.63) is 28.8 Å². The first kappa shape index (κ1) is 24.8. The first-order valence-corrected chi connectivity index (χ1v) is 12.5. The van der Waals surface area contributed by atoms with Crippen LogP contribution in [-0.2, 0) is 11.2 Å². The lowest BCUT2D eigenvalue weighted by Gasteiger charge is -2.27. The predicted octanol–water partition coefficient (Wildman–Crippen LogP) is 3.73. The summed E-state index contributed by atoms with van der Waals surface area (Å²) in [5, 5.41) is 24.9. The minimum Gasteiger partial charge on any atom is -0.455 e. The highest BCUT2D eigenvalue weighted by atomic mass is 16.5. The SMILES string of the molecule is CCC1CC(C(CC)c2nc(NCCOC)nc(C)c2-c2cc3c(o2)C=NC(C)C3)C(O)C1O. The Morgan fingerprint density at radius 2 is 2.03 bits per heavy atom. The van der Waals surface area contributed by atoms with Crippen LogP contribution in [0.1, 0.15) is 68.7 Å². The van der Waals surface area contributed by atoms with E-state index in [4.69, 9.17) is 19.1 Å². The molecule has 34 heavy (non-hydrogen) atoms. The Kier molecular flexibility index (Phi) is 7.70. The Labute approximate surface area is 201 Å². The van der Waals surface area contributed by atoms with E-state index in [2.05, 4.69) is 37.1 Å². The molecule has 3 heterocycles. The molecule has 0 aromatic carbocycles. The second-order valence-corrected chi connectivity index (χ2v) is 9.71. The summed E-state index contributed by atoms with van der Waals surface area (Å²) in [5.74, 6) is 2.02. The normalized spacial score (nSPS) is 27.1. The third-order valence-corrected chi connectivity index (χ3v) is 7.44. The van der Waals surface area contributed by atoms with Gasteiger partial charge in [-0.1, -0.05) is 20.3 Å². The molecule has 1 aliphatic carbocycles. The molecule has 8 nitrogen and oxygen atoms in total. The molecule has 2 aliphatic rings. The fourth-order valence-corrected chi connectivity index (χ4v) is 5.58. The zero-order chi connectivity index (χ0) is 24.4. The van der Waals surface area contributed by atoms with E-state index in [1.807, 2.05) is 13.1 Å². The number of anilines is 1. The van der Waals surface area contributed by atoms with Gasteiger partial charge in [-0.25, -0.2) is 9.97 Å². The second kappa shape index (κ2) is 10.5. The van der Waals surface area contributed by atoms with E-state index in [1.54, 1.807) is 7.11 Å². The molecule has 6 unspecified atom stereocenters. The van der Waals surface area contributed by atoms with Gasteiger partial charge in [-0.2, -0.15) is 0 Å². The van der Waals surface area contributed by atoms with E-state index in [1.165, 1.54) is 0 Å². The summed E-state index contributed by atoms with van der Waals surface area (Å²) >= 11 is 0. The molecule has 2 aromatic heterocycles. The number of ether oxygens (including phenoxy) is 1. The van der Waals surface area contributed by atoms with Crippen LogP contribution in [0.2, 0.25) is 0 Å². The molecule has 1 fully saturated rings. The van der Waals surface area contributed by atoms with Crippen molar-refractivity contribution < 1.29 is 19.4 Å². The Balaban J connectivity index is 1.79.